The number of aromatic nitrogens is 1. The number of nitrogens with zero attached hydrogens (tertiary/aromatic N) is 1. The molecular weight excluding hydrogens is 340 g/mol. The number of carbonyl (C=O) groups is 1. The summed E-state index contributed by atoms with van der Waals surface area (Å²) in [5, 5.41) is 5.88. The van der Waals surface area contributed by atoms with E-state index in [1.807, 2.05) is 31.2 Å². The number of hydrogen-bond donors (Lipinski definition) is 1. The van der Waals surface area contributed by atoms with Gasteiger partial charge in [-0.2, -0.15) is 0 Å². The summed E-state index contributed by atoms with van der Waals surface area (Å²) in [4.78, 5) is 17.1. The van der Waals surface area contributed by atoms with Crippen LogP contribution in [-0.2, 0) is 24.1 Å². The Balaban J connectivity index is 1.76. The van der Waals surface area contributed by atoms with E-state index in [0.29, 0.717) is 6.42 Å². The highest BCUT2D eigenvalue weighted by atomic mass is 32.1. The molecular formula is C22H24N2OS. The highest BCUT2D eigenvalue weighted by Crippen LogP contribution is 2.28. The molecule has 1 amide bonds. The van der Waals surface area contributed by atoms with Crippen LogP contribution in [0.1, 0.15) is 35.5 Å². The van der Waals surface area contributed by atoms with Crippen molar-refractivity contribution < 1.29 is 4.79 Å². The highest BCUT2D eigenvalue weighted by molar-refractivity contribution is 7.10. The minimum Gasteiger partial charge on any atom is -0.325 e. The van der Waals surface area contributed by atoms with Crippen LogP contribution >= 0.6 is 11.3 Å². The molecule has 2 aromatic carbocycles. The molecule has 0 unspecified atom stereocenters. The number of amides is 1. The molecule has 1 N–H and O–H groups in total. The van der Waals surface area contributed by atoms with Crippen molar-refractivity contribution in [3.8, 4) is 11.3 Å². The Hall–Kier alpha value is -2.46. The van der Waals surface area contributed by atoms with E-state index in [1.54, 1.807) is 11.3 Å². The number of hydrogen-bond acceptors (Lipinski definition) is 3. The fourth-order valence-electron chi connectivity index (χ4n) is 2.95. The van der Waals surface area contributed by atoms with Gasteiger partial charge in [-0.25, -0.2) is 4.98 Å². The van der Waals surface area contributed by atoms with Gasteiger partial charge in [0.05, 0.1) is 12.1 Å². The average Bonchev–Trinajstić information content (AvgIpc) is 3.11. The van der Waals surface area contributed by atoms with Gasteiger partial charge in [0.1, 0.15) is 5.01 Å². The SMILES string of the molecule is CCc1ccc(CC)c(-c2csc(CC(=O)Nc3ccccc3C)n2)c1. The van der Waals surface area contributed by atoms with Gasteiger partial charge in [0.25, 0.3) is 0 Å². The van der Waals surface area contributed by atoms with Crippen molar-refractivity contribution in [2.75, 3.05) is 5.32 Å². The minimum atomic E-state index is -0.0294. The molecule has 1 aromatic heterocycles. The summed E-state index contributed by atoms with van der Waals surface area (Å²) < 4.78 is 0. The first-order valence-corrected chi connectivity index (χ1v) is 9.90. The van der Waals surface area contributed by atoms with Crippen molar-refractivity contribution in [2.24, 2.45) is 0 Å². The van der Waals surface area contributed by atoms with E-state index in [0.717, 1.165) is 34.8 Å². The van der Waals surface area contributed by atoms with Crippen molar-refractivity contribution in [3.63, 3.8) is 0 Å². The number of rotatable bonds is 6. The summed E-state index contributed by atoms with van der Waals surface area (Å²) in [7, 11) is 0. The van der Waals surface area contributed by atoms with E-state index in [4.69, 9.17) is 4.98 Å². The van der Waals surface area contributed by atoms with Gasteiger partial charge in [0.2, 0.25) is 5.91 Å². The molecule has 0 aliphatic carbocycles. The van der Waals surface area contributed by atoms with Crippen molar-refractivity contribution in [1.82, 2.24) is 4.98 Å². The van der Waals surface area contributed by atoms with Gasteiger partial charge in [0, 0.05) is 16.6 Å². The van der Waals surface area contributed by atoms with Gasteiger partial charge in [0.15, 0.2) is 0 Å². The molecule has 0 aliphatic heterocycles. The third kappa shape index (κ3) is 4.20. The van der Waals surface area contributed by atoms with Crippen LogP contribution in [0.3, 0.4) is 0 Å². The van der Waals surface area contributed by atoms with E-state index < -0.39 is 0 Å². The monoisotopic (exact) mass is 364 g/mol. The Morgan fingerprint density at radius 2 is 1.92 bits per heavy atom. The van der Waals surface area contributed by atoms with Crippen molar-refractivity contribution >= 4 is 22.9 Å². The molecule has 0 aliphatic rings. The number of anilines is 1. The van der Waals surface area contributed by atoms with Crippen molar-refractivity contribution in [3.05, 3.63) is 69.5 Å². The van der Waals surface area contributed by atoms with Crippen molar-refractivity contribution in [1.29, 1.82) is 0 Å². The fourth-order valence-corrected chi connectivity index (χ4v) is 3.74. The van der Waals surface area contributed by atoms with Crippen LogP contribution < -0.4 is 5.32 Å². The minimum absolute atomic E-state index is 0.0294. The predicted octanol–water partition coefficient (Wildman–Crippen LogP) is 5.42. The van der Waals surface area contributed by atoms with Gasteiger partial charge in [-0.05, 0) is 48.6 Å². The van der Waals surface area contributed by atoms with Crippen LogP contribution in [0.15, 0.2) is 47.8 Å². The summed E-state index contributed by atoms with van der Waals surface area (Å²) in [6.45, 7) is 6.31. The maximum atomic E-state index is 12.4. The van der Waals surface area contributed by atoms with Gasteiger partial charge in [-0.15, -0.1) is 11.3 Å². The third-order valence-corrected chi connectivity index (χ3v) is 5.37. The summed E-state index contributed by atoms with van der Waals surface area (Å²) in [6, 6.07) is 14.4. The van der Waals surface area contributed by atoms with E-state index in [2.05, 4.69) is 42.7 Å². The summed E-state index contributed by atoms with van der Waals surface area (Å²) in [6.07, 6.45) is 2.28. The zero-order valence-electron chi connectivity index (χ0n) is 15.5. The molecule has 0 radical (unpaired) electrons. The molecule has 4 heteroatoms. The normalized spacial score (nSPS) is 10.7. The molecule has 0 spiro atoms. The Morgan fingerprint density at radius 1 is 1.12 bits per heavy atom. The van der Waals surface area contributed by atoms with Crippen LogP contribution in [-0.4, -0.2) is 10.9 Å². The quantitative estimate of drug-likeness (QED) is 0.634. The number of aryl methyl sites for hydroxylation is 3. The zero-order chi connectivity index (χ0) is 18.5. The standard InChI is InChI=1S/C22H24N2OS/c1-4-16-10-11-17(5-2)18(12-16)20-14-26-22(24-20)13-21(25)23-19-9-7-6-8-15(19)3/h6-12,14H,4-5,13H2,1-3H3,(H,23,25). The number of carbonyl (C=O) groups excluding carboxylic acids is 1. The van der Waals surface area contributed by atoms with Crippen LogP contribution in [0.2, 0.25) is 0 Å². The van der Waals surface area contributed by atoms with Gasteiger partial charge in [-0.1, -0.05) is 44.2 Å². The molecule has 3 rings (SSSR count). The first-order valence-electron chi connectivity index (χ1n) is 9.02. The predicted molar refractivity (Wildman–Crippen MR) is 110 cm³/mol. The Labute approximate surface area is 159 Å². The lowest BCUT2D eigenvalue weighted by molar-refractivity contribution is -0.115. The van der Waals surface area contributed by atoms with Gasteiger partial charge < -0.3 is 5.32 Å². The zero-order valence-corrected chi connectivity index (χ0v) is 16.3. The number of nitrogens with one attached hydrogen (secondary N) is 1. The second-order valence-corrected chi connectivity index (χ2v) is 7.31. The molecule has 0 atom stereocenters. The maximum Gasteiger partial charge on any atom is 0.231 e. The summed E-state index contributed by atoms with van der Waals surface area (Å²) in [5.74, 6) is -0.0294. The molecule has 134 valence electrons. The smallest absolute Gasteiger partial charge is 0.231 e. The lowest BCUT2D eigenvalue weighted by atomic mass is 9.99. The highest BCUT2D eigenvalue weighted by Gasteiger charge is 2.12. The average molecular weight is 365 g/mol. The van der Waals surface area contributed by atoms with Crippen LogP contribution in [0.5, 0.6) is 0 Å². The molecule has 0 fully saturated rings. The molecule has 1 heterocycles. The fraction of sp³-hybridized carbons (Fsp3) is 0.273. The van der Waals surface area contributed by atoms with E-state index in [1.165, 1.54) is 16.7 Å². The maximum absolute atomic E-state index is 12.4. The van der Waals surface area contributed by atoms with Crippen LogP contribution in [0.25, 0.3) is 11.3 Å². The molecule has 26 heavy (non-hydrogen) atoms. The van der Waals surface area contributed by atoms with E-state index in [9.17, 15) is 4.79 Å². The second kappa shape index (κ2) is 8.28. The lowest BCUT2D eigenvalue weighted by Gasteiger charge is -2.08. The van der Waals surface area contributed by atoms with Crippen LogP contribution in [0, 0.1) is 6.92 Å². The molecule has 0 saturated heterocycles. The number of benzene rings is 2. The van der Waals surface area contributed by atoms with Crippen LogP contribution in [0.4, 0.5) is 5.69 Å². The molecule has 0 saturated carbocycles. The summed E-state index contributed by atoms with van der Waals surface area (Å²) in [5.41, 5.74) is 6.69. The Bertz CT molecular complexity index is 914. The van der Waals surface area contributed by atoms with E-state index in [-0.39, 0.29) is 5.91 Å². The second-order valence-electron chi connectivity index (χ2n) is 6.36. The Kier molecular flexibility index (Phi) is 5.84. The Morgan fingerprint density at radius 3 is 2.65 bits per heavy atom. The largest absolute Gasteiger partial charge is 0.325 e. The molecule has 0 bridgehead atoms. The van der Waals surface area contributed by atoms with Gasteiger partial charge in [-0.3, -0.25) is 4.79 Å². The van der Waals surface area contributed by atoms with E-state index >= 15 is 0 Å². The van der Waals surface area contributed by atoms with Crippen molar-refractivity contribution in [2.45, 2.75) is 40.0 Å². The number of para-hydroxylation sites is 1. The number of thiazole rings is 1. The van der Waals surface area contributed by atoms with Gasteiger partial charge >= 0.3 is 0 Å². The first kappa shape index (κ1) is 18.3. The third-order valence-electron chi connectivity index (χ3n) is 4.52. The lowest BCUT2D eigenvalue weighted by Crippen LogP contribution is -2.15. The topological polar surface area (TPSA) is 42.0 Å². The molecule has 3 nitrogen and oxygen atoms in total. The first-order chi connectivity index (χ1) is 12.6. The summed E-state index contributed by atoms with van der Waals surface area (Å²) >= 11 is 1.55. The molecule has 3 aromatic rings.